The van der Waals surface area contributed by atoms with Gasteiger partial charge in [0.15, 0.2) is 0 Å². The van der Waals surface area contributed by atoms with Gasteiger partial charge in [-0.15, -0.1) is 11.3 Å². The van der Waals surface area contributed by atoms with Crippen molar-refractivity contribution >= 4 is 27.9 Å². The lowest BCUT2D eigenvalue weighted by Crippen LogP contribution is -2.18. The highest BCUT2D eigenvalue weighted by molar-refractivity contribution is 7.16. The number of amides is 1. The second-order valence-corrected chi connectivity index (χ2v) is 8.27. The lowest BCUT2D eigenvalue weighted by atomic mass is 9.99. The summed E-state index contributed by atoms with van der Waals surface area (Å²) in [5.41, 5.74) is 4.73. The third-order valence-electron chi connectivity index (χ3n) is 5.05. The molecule has 0 radical (unpaired) electrons. The first-order valence-corrected chi connectivity index (χ1v) is 10.6. The number of rotatable bonds is 6. The predicted molar refractivity (Wildman–Crippen MR) is 124 cm³/mol. The summed E-state index contributed by atoms with van der Waals surface area (Å²) in [6.07, 6.45) is 1.80. The van der Waals surface area contributed by atoms with Crippen LogP contribution < -0.4 is 10.6 Å². The van der Waals surface area contributed by atoms with Crippen LogP contribution in [0.15, 0.2) is 85.1 Å². The number of nitrogens with zero attached hydrogens (tertiary/aromatic N) is 1. The van der Waals surface area contributed by atoms with Crippen molar-refractivity contribution in [3.8, 4) is 0 Å². The number of carbonyl (C=O) groups excluding carboxylic acids is 1. The third-order valence-corrected chi connectivity index (χ3v) is 6.19. The first kappa shape index (κ1) is 19.9. The van der Waals surface area contributed by atoms with E-state index in [4.69, 9.17) is 0 Å². The first-order chi connectivity index (χ1) is 14.6. The minimum Gasteiger partial charge on any atom is -0.373 e. The van der Waals surface area contributed by atoms with Gasteiger partial charge in [0.05, 0.1) is 11.7 Å². The Morgan fingerprint density at radius 3 is 2.23 bits per heavy atom. The Morgan fingerprint density at radius 1 is 0.900 bits per heavy atom. The molecule has 4 nitrogen and oxygen atoms in total. The molecule has 30 heavy (non-hydrogen) atoms. The van der Waals surface area contributed by atoms with E-state index in [9.17, 15) is 4.79 Å². The maximum atomic E-state index is 12.9. The lowest BCUT2D eigenvalue weighted by molar-refractivity contribution is 0.102. The molecular weight excluding hydrogens is 390 g/mol. The zero-order valence-corrected chi connectivity index (χ0v) is 17.7. The number of carbonyl (C=O) groups is 1. The maximum absolute atomic E-state index is 12.9. The molecule has 5 heteroatoms. The van der Waals surface area contributed by atoms with E-state index in [0.29, 0.717) is 5.56 Å². The molecular formula is C25H23N3OS. The molecule has 2 aromatic carbocycles. The third kappa shape index (κ3) is 4.26. The van der Waals surface area contributed by atoms with Crippen molar-refractivity contribution < 1.29 is 4.79 Å². The zero-order chi connectivity index (χ0) is 20.9. The van der Waals surface area contributed by atoms with Crippen molar-refractivity contribution in [3.05, 3.63) is 112 Å². The van der Waals surface area contributed by atoms with Crippen molar-refractivity contribution in [3.63, 3.8) is 0 Å². The highest BCUT2D eigenvalue weighted by Gasteiger charge is 2.25. The fourth-order valence-corrected chi connectivity index (χ4v) is 4.49. The summed E-state index contributed by atoms with van der Waals surface area (Å²) < 4.78 is 0. The van der Waals surface area contributed by atoms with Gasteiger partial charge in [0.2, 0.25) is 0 Å². The molecule has 4 rings (SSSR count). The van der Waals surface area contributed by atoms with E-state index < -0.39 is 0 Å². The van der Waals surface area contributed by atoms with Crippen LogP contribution in [0.2, 0.25) is 0 Å². The molecule has 150 valence electrons. The smallest absolute Gasteiger partial charge is 0.256 e. The fourth-order valence-electron chi connectivity index (χ4n) is 3.39. The highest BCUT2D eigenvalue weighted by atomic mass is 32.1. The van der Waals surface area contributed by atoms with Gasteiger partial charge in [0.25, 0.3) is 5.91 Å². The molecule has 0 bridgehead atoms. The van der Waals surface area contributed by atoms with Gasteiger partial charge in [-0.1, -0.05) is 42.5 Å². The molecule has 0 fully saturated rings. The predicted octanol–water partition coefficient (Wildman–Crippen LogP) is 6.21. The van der Waals surface area contributed by atoms with Gasteiger partial charge < -0.3 is 10.6 Å². The number of para-hydroxylation sites is 1. The zero-order valence-electron chi connectivity index (χ0n) is 16.9. The van der Waals surface area contributed by atoms with Gasteiger partial charge in [-0.05, 0) is 55.8 Å². The number of benzene rings is 2. The number of hydrogen-bond donors (Lipinski definition) is 2. The van der Waals surface area contributed by atoms with Gasteiger partial charge in [-0.3, -0.25) is 9.78 Å². The quantitative estimate of drug-likeness (QED) is 0.395. The van der Waals surface area contributed by atoms with Crippen LogP contribution >= 0.6 is 11.3 Å². The molecule has 0 aliphatic carbocycles. The lowest BCUT2D eigenvalue weighted by Gasteiger charge is -2.22. The number of pyridine rings is 1. The summed E-state index contributed by atoms with van der Waals surface area (Å²) in [4.78, 5) is 18.6. The summed E-state index contributed by atoms with van der Waals surface area (Å²) in [6, 6.07) is 25.1. The highest BCUT2D eigenvalue weighted by Crippen LogP contribution is 2.40. The van der Waals surface area contributed by atoms with Crippen LogP contribution in [0.25, 0.3) is 0 Å². The van der Waals surface area contributed by atoms with Crippen LogP contribution in [-0.2, 0) is 0 Å². The normalized spacial score (nSPS) is 11.7. The summed E-state index contributed by atoms with van der Waals surface area (Å²) in [6.45, 7) is 4.18. The minimum absolute atomic E-state index is 0.113. The molecule has 2 N–H and O–H groups in total. The average molecular weight is 414 g/mol. The summed E-state index contributed by atoms with van der Waals surface area (Å²) >= 11 is 1.60. The Morgan fingerprint density at radius 2 is 1.57 bits per heavy atom. The van der Waals surface area contributed by atoms with Gasteiger partial charge in [-0.25, -0.2) is 0 Å². The standard InChI is InChI=1S/C25H23N3OS/c1-17-18(2)30-25(28-24(29)19-11-5-3-6-12-19)22(17)23(21-15-9-10-16-26-21)27-20-13-7-4-8-14-20/h3-16,23,27H,1-2H3,(H,28,29)/t23-/m1/s1. The molecule has 2 heterocycles. The number of hydrogen-bond acceptors (Lipinski definition) is 4. The minimum atomic E-state index is -0.190. The van der Waals surface area contributed by atoms with Gasteiger partial charge >= 0.3 is 0 Å². The summed E-state index contributed by atoms with van der Waals surface area (Å²) in [5.74, 6) is -0.113. The Hall–Kier alpha value is -3.44. The van der Waals surface area contributed by atoms with Gasteiger partial charge in [0, 0.05) is 27.9 Å². The number of thiophene rings is 1. The molecule has 0 aliphatic rings. The van der Waals surface area contributed by atoms with Crippen LogP contribution in [-0.4, -0.2) is 10.9 Å². The average Bonchev–Trinajstić information content (AvgIpc) is 3.07. The molecule has 1 atom stereocenters. The molecule has 0 unspecified atom stereocenters. The van der Waals surface area contributed by atoms with E-state index in [1.165, 1.54) is 4.88 Å². The second-order valence-electron chi connectivity index (χ2n) is 7.04. The second kappa shape index (κ2) is 8.93. The Bertz CT molecular complexity index is 1130. The fraction of sp³-hybridized carbons (Fsp3) is 0.120. The van der Waals surface area contributed by atoms with E-state index in [1.54, 1.807) is 17.5 Å². The van der Waals surface area contributed by atoms with Crippen LogP contribution in [0.4, 0.5) is 10.7 Å². The molecule has 0 aliphatic heterocycles. The Labute approximate surface area is 180 Å². The van der Waals surface area contributed by atoms with Crippen LogP contribution in [0.3, 0.4) is 0 Å². The topological polar surface area (TPSA) is 54.0 Å². The van der Waals surface area contributed by atoms with E-state index in [2.05, 4.69) is 29.5 Å². The number of aryl methyl sites for hydroxylation is 1. The first-order valence-electron chi connectivity index (χ1n) is 9.82. The summed E-state index contributed by atoms with van der Waals surface area (Å²) in [5, 5.41) is 7.59. The molecule has 1 amide bonds. The van der Waals surface area contributed by atoms with Crippen LogP contribution in [0.5, 0.6) is 0 Å². The molecule has 0 saturated carbocycles. The number of aromatic nitrogens is 1. The Balaban J connectivity index is 1.76. The monoisotopic (exact) mass is 413 g/mol. The molecule has 0 spiro atoms. The summed E-state index contributed by atoms with van der Waals surface area (Å²) in [7, 11) is 0. The number of nitrogens with one attached hydrogen (secondary N) is 2. The van der Waals surface area contributed by atoms with Gasteiger partial charge in [0.1, 0.15) is 5.00 Å². The van der Waals surface area contributed by atoms with Crippen molar-refractivity contribution in [2.75, 3.05) is 10.6 Å². The number of anilines is 2. The van der Waals surface area contributed by atoms with E-state index in [-0.39, 0.29) is 11.9 Å². The van der Waals surface area contributed by atoms with E-state index in [1.807, 2.05) is 78.9 Å². The van der Waals surface area contributed by atoms with E-state index in [0.717, 1.165) is 27.5 Å². The molecule has 4 aromatic rings. The van der Waals surface area contributed by atoms with Crippen molar-refractivity contribution in [1.82, 2.24) is 4.98 Å². The molecule has 0 saturated heterocycles. The van der Waals surface area contributed by atoms with Crippen LogP contribution in [0, 0.1) is 13.8 Å². The molecule has 2 aromatic heterocycles. The largest absolute Gasteiger partial charge is 0.373 e. The van der Waals surface area contributed by atoms with Gasteiger partial charge in [-0.2, -0.15) is 0 Å². The Kier molecular flexibility index (Phi) is 5.91. The van der Waals surface area contributed by atoms with Crippen molar-refractivity contribution in [1.29, 1.82) is 0 Å². The van der Waals surface area contributed by atoms with E-state index >= 15 is 0 Å². The SMILES string of the molecule is Cc1sc(NC(=O)c2ccccc2)c([C@H](Nc2ccccc2)c2ccccn2)c1C. The van der Waals surface area contributed by atoms with Crippen molar-refractivity contribution in [2.45, 2.75) is 19.9 Å². The van der Waals surface area contributed by atoms with Crippen LogP contribution in [0.1, 0.15) is 38.1 Å². The maximum Gasteiger partial charge on any atom is 0.256 e. The van der Waals surface area contributed by atoms with Crippen molar-refractivity contribution in [2.24, 2.45) is 0 Å².